The van der Waals surface area contributed by atoms with Crippen molar-refractivity contribution < 1.29 is 39.0 Å². The van der Waals surface area contributed by atoms with Crippen LogP contribution in [-0.4, -0.2) is 28.4 Å². The molecule has 1 fully saturated rings. The minimum atomic E-state index is -1.07. The predicted molar refractivity (Wildman–Crippen MR) is 39.0 cm³/mol. The molecule has 1 aliphatic rings. The van der Waals surface area contributed by atoms with Crippen LogP contribution in [0.1, 0.15) is 25.7 Å². The van der Waals surface area contributed by atoms with Crippen LogP contribution in [-0.2, 0) is 4.79 Å². The van der Waals surface area contributed by atoms with Crippen molar-refractivity contribution in [2.75, 3.05) is 0 Å². The smallest absolute Gasteiger partial charge is 0.550 e. The van der Waals surface area contributed by atoms with Crippen LogP contribution in [0.3, 0.4) is 0 Å². The fraction of sp³-hybridized carbons (Fsp3) is 0.875. The topological polar surface area (TPSA) is 80.6 Å². The largest absolute Gasteiger partial charge is 1.00 e. The van der Waals surface area contributed by atoms with Gasteiger partial charge >= 0.3 is 18.9 Å². The van der Waals surface area contributed by atoms with Crippen LogP contribution < -0.4 is 24.0 Å². The van der Waals surface area contributed by atoms with Crippen molar-refractivity contribution in [1.29, 1.82) is 0 Å². The normalized spacial score (nSPS) is 34.5. The number of carboxylic acids is 1. The average Bonchev–Trinajstić information content (AvgIpc) is 2.16. The van der Waals surface area contributed by atoms with E-state index in [-0.39, 0.29) is 18.9 Å². The molecule has 0 aliphatic heterocycles. The molecule has 70 valence electrons. The summed E-state index contributed by atoms with van der Waals surface area (Å²) in [5.41, 5.74) is 0. The van der Waals surface area contributed by atoms with Crippen molar-refractivity contribution in [2.45, 2.75) is 37.9 Å². The first-order chi connectivity index (χ1) is 5.61. The summed E-state index contributed by atoms with van der Waals surface area (Å²) in [6.07, 6.45) is -0.0375. The van der Waals surface area contributed by atoms with Crippen LogP contribution in [0.5, 0.6) is 0 Å². The van der Waals surface area contributed by atoms with Gasteiger partial charge in [0.15, 0.2) is 0 Å². The first kappa shape index (κ1) is 13.0. The van der Waals surface area contributed by atoms with Crippen molar-refractivity contribution in [3.8, 4) is 0 Å². The van der Waals surface area contributed by atoms with E-state index in [1.165, 1.54) is 0 Å². The summed E-state index contributed by atoms with van der Waals surface area (Å²) in [6.45, 7) is 0. The van der Waals surface area contributed by atoms with Crippen LogP contribution >= 0.6 is 0 Å². The molecule has 0 aromatic carbocycles. The summed E-state index contributed by atoms with van der Waals surface area (Å²) in [5, 5.41) is 28.8. The monoisotopic (exact) mass is 180 g/mol. The van der Waals surface area contributed by atoms with Crippen LogP contribution in [0.15, 0.2) is 0 Å². The Labute approximate surface area is 89.1 Å². The zero-order valence-corrected chi connectivity index (χ0v) is 7.77. The SMILES string of the molecule is O=C([O-])C1CCC(O)C(O)CC1.[Li+]. The summed E-state index contributed by atoms with van der Waals surface area (Å²) in [7, 11) is 0. The first-order valence-corrected chi connectivity index (χ1v) is 4.18. The van der Waals surface area contributed by atoms with Gasteiger partial charge in [-0.15, -0.1) is 0 Å². The van der Waals surface area contributed by atoms with E-state index in [0.717, 1.165) is 0 Å². The van der Waals surface area contributed by atoms with Crippen molar-refractivity contribution >= 4 is 5.97 Å². The summed E-state index contributed by atoms with van der Waals surface area (Å²) >= 11 is 0. The van der Waals surface area contributed by atoms with E-state index < -0.39 is 24.1 Å². The van der Waals surface area contributed by atoms with Gasteiger partial charge in [0.1, 0.15) is 0 Å². The maximum atomic E-state index is 10.4. The van der Waals surface area contributed by atoms with Crippen molar-refractivity contribution in [3.05, 3.63) is 0 Å². The van der Waals surface area contributed by atoms with Gasteiger partial charge in [-0.1, -0.05) is 0 Å². The van der Waals surface area contributed by atoms with Crippen LogP contribution in [0, 0.1) is 5.92 Å². The second-order valence-corrected chi connectivity index (χ2v) is 3.31. The van der Waals surface area contributed by atoms with Crippen molar-refractivity contribution in [3.63, 3.8) is 0 Å². The van der Waals surface area contributed by atoms with Gasteiger partial charge in [-0.2, -0.15) is 0 Å². The number of hydrogen-bond acceptors (Lipinski definition) is 4. The number of aliphatic hydroxyl groups is 2. The Morgan fingerprint density at radius 3 is 1.77 bits per heavy atom. The van der Waals surface area contributed by atoms with Crippen LogP contribution in [0.2, 0.25) is 0 Å². The molecule has 1 rings (SSSR count). The van der Waals surface area contributed by atoms with Gasteiger partial charge in [-0.25, -0.2) is 0 Å². The molecule has 1 saturated carbocycles. The summed E-state index contributed by atoms with van der Waals surface area (Å²) in [6, 6.07) is 0. The van der Waals surface area contributed by atoms with E-state index >= 15 is 0 Å². The molecule has 0 aromatic rings. The quantitative estimate of drug-likeness (QED) is 0.316. The fourth-order valence-electron chi connectivity index (χ4n) is 1.51. The molecular weight excluding hydrogens is 167 g/mol. The van der Waals surface area contributed by atoms with Gasteiger partial charge in [-0.05, 0) is 31.6 Å². The van der Waals surface area contributed by atoms with Crippen molar-refractivity contribution in [2.24, 2.45) is 5.92 Å². The average molecular weight is 180 g/mol. The summed E-state index contributed by atoms with van der Waals surface area (Å²) in [4.78, 5) is 10.4. The van der Waals surface area contributed by atoms with E-state index in [1.807, 2.05) is 0 Å². The molecule has 13 heavy (non-hydrogen) atoms. The molecule has 0 heterocycles. The van der Waals surface area contributed by atoms with Gasteiger partial charge in [0, 0.05) is 5.97 Å². The predicted octanol–water partition coefficient (Wildman–Crippen LogP) is -4.35. The van der Waals surface area contributed by atoms with Gasteiger partial charge in [0.05, 0.1) is 12.2 Å². The zero-order valence-electron chi connectivity index (χ0n) is 7.77. The maximum Gasteiger partial charge on any atom is 1.00 e. The number of carbonyl (C=O) groups is 1. The molecule has 0 aromatic heterocycles. The number of carbonyl (C=O) groups excluding carboxylic acids is 1. The molecule has 4 nitrogen and oxygen atoms in total. The van der Waals surface area contributed by atoms with Gasteiger partial charge < -0.3 is 20.1 Å². The minimum Gasteiger partial charge on any atom is -0.550 e. The van der Waals surface area contributed by atoms with E-state index in [4.69, 9.17) is 0 Å². The third kappa shape index (κ3) is 3.70. The Morgan fingerprint density at radius 1 is 1.08 bits per heavy atom. The van der Waals surface area contributed by atoms with Gasteiger partial charge in [-0.3, -0.25) is 0 Å². The second-order valence-electron chi connectivity index (χ2n) is 3.31. The minimum absolute atomic E-state index is 0. The molecule has 1 aliphatic carbocycles. The molecule has 0 spiro atoms. The van der Waals surface area contributed by atoms with Gasteiger partial charge in [0.2, 0.25) is 0 Å². The third-order valence-corrected chi connectivity index (χ3v) is 2.40. The Bertz CT molecular complexity index is 162. The zero-order chi connectivity index (χ0) is 9.14. The molecule has 2 unspecified atom stereocenters. The Morgan fingerprint density at radius 2 is 1.46 bits per heavy atom. The molecule has 2 N–H and O–H groups in total. The molecule has 0 saturated heterocycles. The fourth-order valence-corrected chi connectivity index (χ4v) is 1.51. The Balaban J connectivity index is 0.00000144. The standard InChI is InChI=1S/C8H14O4.Li/c9-6-3-1-5(8(11)12)2-4-7(6)10;/h5-7,9-10H,1-4H2,(H,11,12);/q;+1/p-1. The van der Waals surface area contributed by atoms with E-state index in [9.17, 15) is 20.1 Å². The Hall–Kier alpha value is -0.0126. The summed E-state index contributed by atoms with van der Waals surface area (Å²) < 4.78 is 0. The molecular formula is C8H13LiO4. The van der Waals surface area contributed by atoms with E-state index in [0.29, 0.717) is 25.7 Å². The number of hydrogen-bond donors (Lipinski definition) is 2. The number of aliphatic hydroxyl groups excluding tert-OH is 2. The van der Waals surface area contributed by atoms with Crippen molar-refractivity contribution in [1.82, 2.24) is 0 Å². The molecule has 2 atom stereocenters. The third-order valence-electron chi connectivity index (χ3n) is 2.40. The number of aliphatic carboxylic acids is 1. The summed E-state index contributed by atoms with van der Waals surface area (Å²) in [5.74, 6) is -1.58. The molecule has 0 amide bonds. The van der Waals surface area contributed by atoms with Gasteiger partial charge in [0.25, 0.3) is 0 Å². The van der Waals surface area contributed by atoms with E-state index in [1.54, 1.807) is 0 Å². The molecule has 5 heteroatoms. The maximum absolute atomic E-state index is 10.4. The number of rotatable bonds is 1. The Kier molecular flexibility index (Phi) is 5.66. The first-order valence-electron chi connectivity index (χ1n) is 4.18. The number of carboxylic acid groups (broad SMARTS) is 1. The molecule has 0 radical (unpaired) electrons. The van der Waals surface area contributed by atoms with Crippen LogP contribution in [0.4, 0.5) is 0 Å². The van der Waals surface area contributed by atoms with Crippen LogP contribution in [0.25, 0.3) is 0 Å². The second kappa shape index (κ2) is 5.66. The molecule has 0 bridgehead atoms. The van der Waals surface area contributed by atoms with E-state index in [2.05, 4.69) is 0 Å².